The molecule has 0 saturated carbocycles. The first-order valence-electron chi connectivity index (χ1n) is 3.66. The summed E-state index contributed by atoms with van der Waals surface area (Å²) in [6.45, 7) is -0.493. The van der Waals surface area contributed by atoms with Crippen molar-refractivity contribution in [3.05, 3.63) is 30.1 Å². The number of aliphatic carboxylic acids is 1. The summed E-state index contributed by atoms with van der Waals surface area (Å²) in [6.07, 6.45) is -1.37. The lowest BCUT2D eigenvalue weighted by Gasteiger charge is -2.11. The maximum atomic E-state index is 12.4. The number of carboxylic acids is 1. The minimum Gasteiger partial charge on any atom is -0.475 e. The zero-order valence-corrected chi connectivity index (χ0v) is 6.98. The van der Waals surface area contributed by atoms with E-state index in [1.165, 1.54) is 24.5 Å². The van der Waals surface area contributed by atoms with E-state index in [1.54, 1.807) is 0 Å². The molecule has 0 aliphatic heterocycles. The number of carboxylic acid groups (broad SMARTS) is 1. The summed E-state index contributed by atoms with van der Waals surface area (Å²) in [4.78, 5) is 13.6. The maximum Gasteiger partial charge on any atom is 0.456 e. The fraction of sp³-hybridized carbons (Fsp3) is 0.250. The van der Waals surface area contributed by atoms with Crippen LogP contribution in [-0.4, -0.2) is 22.2 Å². The van der Waals surface area contributed by atoms with Crippen LogP contribution in [-0.2, 0) is 16.1 Å². The van der Waals surface area contributed by atoms with Crippen LogP contribution in [0.15, 0.2) is 24.5 Å². The molecule has 1 rings (SSSR count). The summed E-state index contributed by atoms with van der Waals surface area (Å²) in [6, 6.07) is 3.04. The van der Waals surface area contributed by atoms with Crippen molar-refractivity contribution in [2.75, 3.05) is 0 Å². The first-order chi connectivity index (χ1) is 6.52. The summed E-state index contributed by atoms with van der Waals surface area (Å²) in [5, 5.41) is 8.03. The number of pyridine rings is 1. The molecule has 0 spiro atoms. The number of ether oxygens (including phenoxy) is 1. The van der Waals surface area contributed by atoms with Gasteiger partial charge in [0.1, 0.15) is 0 Å². The highest BCUT2D eigenvalue weighted by Gasteiger charge is 2.40. The summed E-state index contributed by atoms with van der Waals surface area (Å²) < 4.78 is 28.7. The van der Waals surface area contributed by atoms with Gasteiger partial charge >= 0.3 is 12.1 Å². The van der Waals surface area contributed by atoms with Crippen molar-refractivity contribution < 1.29 is 23.4 Å². The van der Waals surface area contributed by atoms with Crippen molar-refractivity contribution in [3.63, 3.8) is 0 Å². The third-order valence-corrected chi connectivity index (χ3v) is 1.39. The molecule has 0 aliphatic carbocycles. The second kappa shape index (κ2) is 4.10. The van der Waals surface area contributed by atoms with E-state index in [9.17, 15) is 13.6 Å². The molecule has 1 heterocycles. The first kappa shape index (κ1) is 10.5. The molecule has 0 aromatic carbocycles. The fourth-order valence-electron chi connectivity index (χ4n) is 0.719. The first-order valence-corrected chi connectivity index (χ1v) is 3.66. The topological polar surface area (TPSA) is 59.4 Å². The molecule has 4 nitrogen and oxygen atoms in total. The van der Waals surface area contributed by atoms with Gasteiger partial charge in [-0.3, -0.25) is 4.98 Å². The molecule has 76 valence electrons. The number of carbonyl (C=O) groups is 1. The largest absolute Gasteiger partial charge is 0.475 e. The van der Waals surface area contributed by atoms with Crippen LogP contribution in [0.25, 0.3) is 0 Å². The molecule has 1 aromatic rings. The van der Waals surface area contributed by atoms with Gasteiger partial charge in [-0.2, -0.15) is 8.78 Å². The lowest BCUT2D eigenvalue weighted by atomic mass is 10.3. The number of hydrogen-bond donors (Lipinski definition) is 1. The maximum absolute atomic E-state index is 12.4. The Morgan fingerprint density at radius 3 is 2.86 bits per heavy atom. The number of nitrogens with zero attached hydrogens (tertiary/aromatic N) is 1. The van der Waals surface area contributed by atoms with Gasteiger partial charge in [0, 0.05) is 12.4 Å². The van der Waals surface area contributed by atoms with E-state index in [4.69, 9.17) is 5.11 Å². The zero-order chi connectivity index (χ0) is 10.6. The monoisotopic (exact) mass is 203 g/mol. The molecule has 0 fully saturated rings. The van der Waals surface area contributed by atoms with Gasteiger partial charge in [-0.25, -0.2) is 4.79 Å². The lowest BCUT2D eigenvalue weighted by Crippen LogP contribution is -2.31. The van der Waals surface area contributed by atoms with Gasteiger partial charge in [0.25, 0.3) is 0 Å². The molecule has 0 saturated heterocycles. The van der Waals surface area contributed by atoms with E-state index >= 15 is 0 Å². The highest BCUT2D eigenvalue weighted by Crippen LogP contribution is 2.17. The van der Waals surface area contributed by atoms with Crippen molar-refractivity contribution in [1.29, 1.82) is 0 Å². The molecule has 0 atom stereocenters. The van der Waals surface area contributed by atoms with Gasteiger partial charge in [0.05, 0.1) is 6.61 Å². The van der Waals surface area contributed by atoms with Crippen LogP contribution in [0, 0.1) is 0 Å². The SMILES string of the molecule is O=C(O)C(F)(F)OCc1cccnc1. The van der Waals surface area contributed by atoms with Gasteiger partial charge in [0.2, 0.25) is 0 Å². The van der Waals surface area contributed by atoms with Crippen LogP contribution in [0.2, 0.25) is 0 Å². The lowest BCUT2D eigenvalue weighted by molar-refractivity contribution is -0.250. The Hall–Kier alpha value is -1.56. The molecule has 0 aliphatic rings. The van der Waals surface area contributed by atoms with E-state index in [0.29, 0.717) is 5.56 Å². The molecule has 1 aromatic heterocycles. The molecule has 6 heteroatoms. The highest BCUT2D eigenvalue weighted by atomic mass is 19.3. The summed E-state index contributed by atoms with van der Waals surface area (Å²) in [5.41, 5.74) is 0.383. The van der Waals surface area contributed by atoms with Crippen molar-refractivity contribution in [1.82, 2.24) is 4.98 Å². The molecular formula is C8H7F2NO3. The molecule has 0 unspecified atom stereocenters. The minimum atomic E-state index is -4.16. The number of hydrogen-bond acceptors (Lipinski definition) is 3. The average Bonchev–Trinajstić information content (AvgIpc) is 2.16. The molecule has 0 radical (unpaired) electrons. The number of aromatic nitrogens is 1. The van der Waals surface area contributed by atoms with Crippen LogP contribution in [0.5, 0.6) is 0 Å². The Kier molecular flexibility index (Phi) is 3.08. The van der Waals surface area contributed by atoms with Crippen molar-refractivity contribution >= 4 is 5.97 Å². The Bertz CT molecular complexity index is 316. The summed E-state index contributed by atoms with van der Waals surface area (Å²) in [5.74, 6) is -2.30. The quantitative estimate of drug-likeness (QED) is 0.800. The second-order valence-electron chi connectivity index (χ2n) is 2.47. The third kappa shape index (κ3) is 2.74. The van der Waals surface area contributed by atoms with Crippen LogP contribution >= 0.6 is 0 Å². The zero-order valence-electron chi connectivity index (χ0n) is 6.98. The van der Waals surface area contributed by atoms with Gasteiger partial charge in [0.15, 0.2) is 0 Å². The smallest absolute Gasteiger partial charge is 0.456 e. The summed E-state index contributed by atoms with van der Waals surface area (Å²) in [7, 11) is 0. The Morgan fingerprint density at radius 2 is 2.36 bits per heavy atom. The molecule has 0 bridgehead atoms. The average molecular weight is 203 g/mol. The highest BCUT2D eigenvalue weighted by molar-refractivity contribution is 5.73. The molecule has 14 heavy (non-hydrogen) atoms. The van der Waals surface area contributed by atoms with E-state index < -0.39 is 18.7 Å². The predicted molar refractivity (Wildman–Crippen MR) is 41.6 cm³/mol. The van der Waals surface area contributed by atoms with E-state index in [0.717, 1.165) is 0 Å². The van der Waals surface area contributed by atoms with Crippen molar-refractivity contribution in [2.24, 2.45) is 0 Å². The standard InChI is InChI=1S/C8H7F2NO3/c9-8(10,7(12)13)14-5-6-2-1-3-11-4-6/h1-4H,5H2,(H,12,13). The van der Waals surface area contributed by atoms with Gasteiger partial charge in [-0.15, -0.1) is 0 Å². The van der Waals surface area contributed by atoms with E-state index in [-0.39, 0.29) is 0 Å². The molecule has 1 N–H and O–H groups in total. The number of halogens is 2. The number of rotatable bonds is 4. The fourth-order valence-corrected chi connectivity index (χ4v) is 0.719. The van der Waals surface area contributed by atoms with Crippen LogP contribution < -0.4 is 0 Å². The van der Waals surface area contributed by atoms with Crippen LogP contribution in [0.3, 0.4) is 0 Å². The van der Waals surface area contributed by atoms with E-state index in [2.05, 4.69) is 9.72 Å². The van der Waals surface area contributed by atoms with Gasteiger partial charge in [-0.05, 0) is 11.6 Å². The predicted octanol–water partition coefficient (Wildman–Crippen LogP) is 1.28. The molecule has 0 amide bonds. The van der Waals surface area contributed by atoms with Crippen molar-refractivity contribution in [2.45, 2.75) is 12.7 Å². The Morgan fingerprint density at radius 1 is 1.64 bits per heavy atom. The Balaban J connectivity index is 2.53. The van der Waals surface area contributed by atoms with Crippen LogP contribution in [0.1, 0.15) is 5.56 Å². The normalized spacial score (nSPS) is 11.3. The van der Waals surface area contributed by atoms with Gasteiger partial charge in [-0.1, -0.05) is 6.07 Å². The summed E-state index contributed by atoms with van der Waals surface area (Å²) >= 11 is 0. The third-order valence-electron chi connectivity index (χ3n) is 1.39. The Labute approximate surface area is 78.1 Å². The molecular weight excluding hydrogens is 196 g/mol. The second-order valence-corrected chi connectivity index (χ2v) is 2.47. The number of alkyl halides is 2. The van der Waals surface area contributed by atoms with Gasteiger partial charge < -0.3 is 9.84 Å². The minimum absolute atomic E-state index is 0.383. The van der Waals surface area contributed by atoms with Crippen molar-refractivity contribution in [3.8, 4) is 0 Å². The van der Waals surface area contributed by atoms with E-state index in [1.807, 2.05) is 0 Å². The van der Waals surface area contributed by atoms with Crippen LogP contribution in [0.4, 0.5) is 8.78 Å².